The molecule has 0 radical (unpaired) electrons. The lowest BCUT2D eigenvalue weighted by atomic mass is 9.81. The van der Waals surface area contributed by atoms with Gasteiger partial charge >= 0.3 is 0 Å². The van der Waals surface area contributed by atoms with E-state index in [9.17, 15) is 4.39 Å². The average molecular weight is 297 g/mol. The lowest BCUT2D eigenvalue weighted by molar-refractivity contribution is 0.393. The molecule has 2 unspecified atom stereocenters. The second-order valence-corrected chi connectivity index (χ2v) is 6.42. The van der Waals surface area contributed by atoms with Crippen molar-refractivity contribution in [3.8, 4) is 0 Å². The maximum atomic E-state index is 14.0. The molecule has 0 aliphatic carbocycles. The van der Waals surface area contributed by atoms with Crippen molar-refractivity contribution >= 4 is 22.9 Å². The van der Waals surface area contributed by atoms with Crippen LogP contribution in [0.3, 0.4) is 0 Å². The van der Waals surface area contributed by atoms with Gasteiger partial charge in [0, 0.05) is 18.4 Å². The summed E-state index contributed by atoms with van der Waals surface area (Å²) in [4.78, 5) is 4.38. The van der Waals surface area contributed by atoms with Gasteiger partial charge in [0.2, 0.25) is 0 Å². The standard InChI is InChI=1S/C14H14ClFN2S/c15-13-8-18-14(19-13)10-5-6-17-7-11(10)9-3-1-2-4-12(9)16/h1-4,8,10-11,17H,5-7H2. The fourth-order valence-corrected chi connectivity index (χ4v) is 3.83. The molecule has 3 rings (SSSR count). The van der Waals surface area contributed by atoms with Crippen LogP contribution in [-0.4, -0.2) is 18.1 Å². The molecule has 0 amide bonds. The van der Waals surface area contributed by atoms with Crippen molar-refractivity contribution in [3.05, 3.63) is 51.2 Å². The van der Waals surface area contributed by atoms with E-state index in [1.165, 1.54) is 17.4 Å². The topological polar surface area (TPSA) is 24.9 Å². The van der Waals surface area contributed by atoms with Crippen LogP contribution in [0.5, 0.6) is 0 Å². The van der Waals surface area contributed by atoms with Crippen LogP contribution in [-0.2, 0) is 0 Å². The van der Waals surface area contributed by atoms with Gasteiger partial charge in [0.1, 0.15) is 10.2 Å². The minimum atomic E-state index is -0.135. The molecule has 2 atom stereocenters. The highest BCUT2D eigenvalue weighted by molar-refractivity contribution is 7.15. The molecule has 0 saturated carbocycles. The summed E-state index contributed by atoms with van der Waals surface area (Å²) in [5.41, 5.74) is 0.769. The SMILES string of the molecule is Fc1ccccc1C1CNCCC1c1ncc(Cl)s1. The average Bonchev–Trinajstić information content (AvgIpc) is 2.86. The summed E-state index contributed by atoms with van der Waals surface area (Å²) in [5.74, 6) is 0.233. The van der Waals surface area contributed by atoms with Gasteiger partial charge in [-0.2, -0.15) is 0 Å². The van der Waals surface area contributed by atoms with Crippen LogP contribution in [0.2, 0.25) is 4.34 Å². The van der Waals surface area contributed by atoms with E-state index in [0.717, 1.165) is 30.1 Å². The summed E-state index contributed by atoms with van der Waals surface area (Å²) in [7, 11) is 0. The molecule has 2 nitrogen and oxygen atoms in total. The minimum Gasteiger partial charge on any atom is -0.316 e. The Bertz CT molecular complexity index is 572. The molecule has 1 N–H and O–H groups in total. The van der Waals surface area contributed by atoms with Gasteiger partial charge in [-0.15, -0.1) is 11.3 Å². The summed E-state index contributed by atoms with van der Waals surface area (Å²) in [6.07, 6.45) is 2.64. The molecule has 1 fully saturated rings. The monoisotopic (exact) mass is 296 g/mol. The predicted octanol–water partition coefficient (Wildman–Crippen LogP) is 3.80. The smallest absolute Gasteiger partial charge is 0.126 e. The van der Waals surface area contributed by atoms with Crippen molar-refractivity contribution in [2.24, 2.45) is 0 Å². The zero-order valence-corrected chi connectivity index (χ0v) is 11.8. The largest absolute Gasteiger partial charge is 0.316 e. The van der Waals surface area contributed by atoms with E-state index in [2.05, 4.69) is 10.3 Å². The molecular weight excluding hydrogens is 283 g/mol. The van der Waals surface area contributed by atoms with E-state index in [4.69, 9.17) is 11.6 Å². The third-order valence-corrected chi connectivity index (χ3v) is 4.85. The molecule has 2 heterocycles. The number of hydrogen-bond acceptors (Lipinski definition) is 3. The van der Waals surface area contributed by atoms with E-state index in [1.807, 2.05) is 12.1 Å². The Labute approximate surface area is 120 Å². The summed E-state index contributed by atoms with van der Waals surface area (Å²) in [6.45, 7) is 1.72. The number of piperidine rings is 1. The second kappa shape index (κ2) is 5.57. The third-order valence-electron chi connectivity index (χ3n) is 3.60. The number of benzene rings is 1. The van der Waals surface area contributed by atoms with E-state index < -0.39 is 0 Å². The Morgan fingerprint density at radius 1 is 1.32 bits per heavy atom. The van der Waals surface area contributed by atoms with Crippen LogP contribution in [0.1, 0.15) is 28.8 Å². The zero-order chi connectivity index (χ0) is 13.2. The van der Waals surface area contributed by atoms with Gasteiger partial charge in [0.25, 0.3) is 0 Å². The fraction of sp³-hybridized carbons (Fsp3) is 0.357. The van der Waals surface area contributed by atoms with Crippen molar-refractivity contribution < 1.29 is 4.39 Å². The number of aromatic nitrogens is 1. The highest BCUT2D eigenvalue weighted by atomic mass is 35.5. The van der Waals surface area contributed by atoms with Crippen molar-refractivity contribution in [3.63, 3.8) is 0 Å². The molecule has 1 aliphatic rings. The van der Waals surface area contributed by atoms with E-state index >= 15 is 0 Å². The number of nitrogens with one attached hydrogen (secondary N) is 1. The summed E-state index contributed by atoms with van der Waals surface area (Å²) in [6, 6.07) is 7.01. The van der Waals surface area contributed by atoms with Gasteiger partial charge in [-0.1, -0.05) is 29.8 Å². The summed E-state index contributed by atoms with van der Waals surface area (Å²) >= 11 is 7.47. The van der Waals surface area contributed by atoms with Gasteiger partial charge < -0.3 is 5.32 Å². The first kappa shape index (κ1) is 13.0. The molecule has 1 aromatic carbocycles. The Morgan fingerprint density at radius 3 is 2.89 bits per heavy atom. The molecule has 1 saturated heterocycles. The van der Waals surface area contributed by atoms with Crippen molar-refractivity contribution in [1.29, 1.82) is 0 Å². The number of halogens is 2. The quantitative estimate of drug-likeness (QED) is 0.912. The first-order valence-corrected chi connectivity index (χ1v) is 7.51. The van der Waals surface area contributed by atoms with Gasteiger partial charge in [-0.25, -0.2) is 9.37 Å². The van der Waals surface area contributed by atoms with Crippen LogP contribution < -0.4 is 5.32 Å². The van der Waals surface area contributed by atoms with Crippen LogP contribution >= 0.6 is 22.9 Å². The number of rotatable bonds is 2. The normalized spacial score (nSPS) is 23.5. The fourth-order valence-electron chi connectivity index (χ4n) is 2.70. The molecule has 100 valence electrons. The van der Waals surface area contributed by atoms with Gasteiger partial charge in [-0.3, -0.25) is 0 Å². The molecule has 1 aromatic heterocycles. The maximum absolute atomic E-state index is 14.0. The van der Waals surface area contributed by atoms with Gasteiger partial charge in [0.05, 0.1) is 11.2 Å². The third kappa shape index (κ3) is 2.66. The van der Waals surface area contributed by atoms with Crippen LogP contribution in [0.25, 0.3) is 0 Å². The first-order chi connectivity index (χ1) is 9.25. The lowest BCUT2D eigenvalue weighted by Crippen LogP contribution is -2.34. The van der Waals surface area contributed by atoms with Crippen molar-refractivity contribution in [2.45, 2.75) is 18.3 Å². The highest BCUT2D eigenvalue weighted by Gasteiger charge is 2.31. The summed E-state index contributed by atoms with van der Waals surface area (Å²) in [5, 5.41) is 4.36. The zero-order valence-electron chi connectivity index (χ0n) is 10.3. The number of hydrogen-bond donors (Lipinski definition) is 1. The molecular formula is C14H14ClFN2S. The highest BCUT2D eigenvalue weighted by Crippen LogP contribution is 2.40. The first-order valence-electron chi connectivity index (χ1n) is 6.32. The second-order valence-electron chi connectivity index (χ2n) is 4.73. The predicted molar refractivity (Wildman–Crippen MR) is 76.5 cm³/mol. The van der Waals surface area contributed by atoms with E-state index in [-0.39, 0.29) is 17.7 Å². The molecule has 0 spiro atoms. The molecule has 1 aliphatic heterocycles. The molecule has 19 heavy (non-hydrogen) atoms. The minimum absolute atomic E-state index is 0.122. The van der Waals surface area contributed by atoms with Crippen molar-refractivity contribution in [1.82, 2.24) is 10.3 Å². The summed E-state index contributed by atoms with van der Waals surface area (Å²) < 4.78 is 14.7. The van der Waals surface area contributed by atoms with E-state index in [0.29, 0.717) is 4.34 Å². The molecule has 0 bridgehead atoms. The van der Waals surface area contributed by atoms with Gasteiger partial charge in [0.15, 0.2) is 0 Å². The van der Waals surface area contributed by atoms with Crippen molar-refractivity contribution in [2.75, 3.05) is 13.1 Å². The number of nitrogens with zero attached hydrogens (tertiary/aromatic N) is 1. The molecule has 2 aromatic rings. The van der Waals surface area contributed by atoms with E-state index in [1.54, 1.807) is 12.3 Å². The van der Waals surface area contributed by atoms with Crippen LogP contribution in [0.4, 0.5) is 4.39 Å². The lowest BCUT2D eigenvalue weighted by Gasteiger charge is -2.31. The number of thiazole rings is 1. The Hall–Kier alpha value is -0.970. The maximum Gasteiger partial charge on any atom is 0.126 e. The van der Waals surface area contributed by atoms with Crippen LogP contribution in [0.15, 0.2) is 30.5 Å². The Balaban J connectivity index is 1.96. The Morgan fingerprint density at radius 2 is 2.16 bits per heavy atom. The van der Waals surface area contributed by atoms with Crippen LogP contribution in [0, 0.1) is 5.82 Å². The van der Waals surface area contributed by atoms with Gasteiger partial charge in [-0.05, 0) is 24.6 Å². The Kier molecular flexibility index (Phi) is 3.82. The molecule has 5 heteroatoms.